The van der Waals surface area contributed by atoms with Crippen LogP contribution in [-0.2, 0) is 10.0 Å². The Morgan fingerprint density at radius 1 is 1.14 bits per heavy atom. The molecule has 1 unspecified atom stereocenters. The summed E-state index contributed by atoms with van der Waals surface area (Å²) >= 11 is 0. The van der Waals surface area contributed by atoms with Crippen LogP contribution in [0.3, 0.4) is 0 Å². The lowest BCUT2D eigenvalue weighted by Crippen LogP contribution is -2.38. The number of hydrogen-bond acceptors (Lipinski definition) is 4. The third-order valence-corrected chi connectivity index (χ3v) is 5.26. The van der Waals surface area contributed by atoms with Gasteiger partial charge >= 0.3 is 12.3 Å². The van der Waals surface area contributed by atoms with Gasteiger partial charge in [0.25, 0.3) is 0 Å². The van der Waals surface area contributed by atoms with Crippen molar-refractivity contribution in [3.05, 3.63) is 60.2 Å². The molecule has 0 saturated heterocycles. The van der Waals surface area contributed by atoms with Gasteiger partial charge in [0.15, 0.2) is 0 Å². The van der Waals surface area contributed by atoms with Crippen molar-refractivity contribution in [2.24, 2.45) is 0 Å². The van der Waals surface area contributed by atoms with Gasteiger partial charge in [-0.3, -0.25) is 0 Å². The van der Waals surface area contributed by atoms with Crippen LogP contribution in [0.4, 0.5) is 22.4 Å². The summed E-state index contributed by atoms with van der Waals surface area (Å²) in [6.07, 6.45) is -5.40. The zero-order valence-electron chi connectivity index (χ0n) is 13.7. The Morgan fingerprint density at radius 3 is 2.36 bits per heavy atom. The van der Waals surface area contributed by atoms with Gasteiger partial charge < -0.3 is 5.11 Å². The number of sulfonamides is 1. The highest BCUT2D eigenvalue weighted by Crippen LogP contribution is 2.34. The molecule has 3 rings (SSSR count). The molecule has 28 heavy (non-hydrogen) atoms. The molecule has 2 aromatic carbocycles. The molecule has 0 saturated carbocycles. The maximum absolute atomic E-state index is 13.4. The smallest absolute Gasteiger partial charge is 0.417 e. The molecule has 148 valence electrons. The van der Waals surface area contributed by atoms with Crippen molar-refractivity contribution >= 4 is 27.1 Å². The predicted octanol–water partition coefficient (Wildman–Crippen LogP) is 3.28. The zero-order chi connectivity index (χ0) is 20.7. The Hall–Kier alpha value is -2.99. The molecule has 0 amide bonds. The first-order valence-electron chi connectivity index (χ1n) is 7.54. The Bertz CT molecular complexity index is 1140. The van der Waals surface area contributed by atoms with E-state index in [0.29, 0.717) is 0 Å². The number of carbonyl (C=O) groups is 1. The summed E-state index contributed by atoms with van der Waals surface area (Å²) in [4.78, 5) is 14.2. The average molecular weight is 417 g/mol. The topological polar surface area (TPSA) is 101 Å². The molecular formula is C16H11F4N3O4S. The number of carboxylic acid groups (broad SMARTS) is 1. The van der Waals surface area contributed by atoms with Crippen LogP contribution in [-0.4, -0.2) is 35.3 Å². The van der Waals surface area contributed by atoms with E-state index in [0.717, 1.165) is 53.4 Å². The summed E-state index contributed by atoms with van der Waals surface area (Å²) in [6, 6.07) is 3.65. The number of rotatable bonds is 4. The van der Waals surface area contributed by atoms with Crippen molar-refractivity contribution in [1.29, 1.82) is 0 Å². The van der Waals surface area contributed by atoms with Crippen molar-refractivity contribution in [2.75, 3.05) is 0 Å². The molecular weight excluding hydrogens is 406 g/mol. The van der Waals surface area contributed by atoms with Gasteiger partial charge in [0.05, 0.1) is 15.9 Å². The number of hydrogen-bond donors (Lipinski definition) is 2. The summed E-state index contributed by atoms with van der Waals surface area (Å²) in [6.45, 7) is 0. The minimum Gasteiger partial charge on any atom is -0.464 e. The predicted molar refractivity (Wildman–Crippen MR) is 88.7 cm³/mol. The molecule has 3 aromatic rings. The van der Waals surface area contributed by atoms with E-state index in [4.69, 9.17) is 5.11 Å². The molecule has 0 aliphatic rings. The maximum atomic E-state index is 13.4. The molecule has 0 aliphatic heterocycles. The summed E-state index contributed by atoms with van der Waals surface area (Å²) < 4.78 is 80.4. The van der Waals surface area contributed by atoms with Crippen molar-refractivity contribution in [1.82, 2.24) is 14.3 Å². The van der Waals surface area contributed by atoms with E-state index in [2.05, 4.69) is 4.98 Å². The van der Waals surface area contributed by atoms with Gasteiger partial charge in [0.1, 0.15) is 18.2 Å². The summed E-state index contributed by atoms with van der Waals surface area (Å²) in [5.41, 5.74) is -0.457. The third kappa shape index (κ3) is 3.82. The quantitative estimate of drug-likeness (QED) is 0.635. The molecule has 2 N–H and O–H groups in total. The van der Waals surface area contributed by atoms with Crippen LogP contribution in [0.5, 0.6) is 0 Å². The van der Waals surface area contributed by atoms with Gasteiger partial charge in [0, 0.05) is 0 Å². The fraction of sp³-hybridized carbons (Fsp3) is 0.125. The number of fused-ring (bicyclic) bond motifs is 1. The Labute approximate surface area is 155 Å². The fourth-order valence-electron chi connectivity index (χ4n) is 2.51. The minimum absolute atomic E-state index is 0.0318. The highest BCUT2D eigenvalue weighted by molar-refractivity contribution is 7.89. The number of benzene rings is 2. The fourth-order valence-corrected chi connectivity index (χ4v) is 3.74. The van der Waals surface area contributed by atoms with E-state index >= 15 is 0 Å². The molecule has 7 nitrogen and oxygen atoms in total. The highest BCUT2D eigenvalue weighted by Gasteiger charge is 2.43. The second kappa shape index (κ2) is 6.87. The SMILES string of the molecule is O=C(O)n1cnc2cc(S(=O)(=O)NC(c3ccc(F)cc3)C(F)(F)F)ccc21. The van der Waals surface area contributed by atoms with Crippen molar-refractivity contribution < 1.29 is 35.9 Å². The molecule has 1 aromatic heterocycles. The Kier molecular flexibility index (Phi) is 4.85. The summed E-state index contributed by atoms with van der Waals surface area (Å²) in [5.74, 6) is -0.771. The second-order valence-corrected chi connectivity index (χ2v) is 7.41. The van der Waals surface area contributed by atoms with Crippen molar-refractivity contribution in [2.45, 2.75) is 17.1 Å². The number of imidazole rings is 1. The second-order valence-electron chi connectivity index (χ2n) is 5.70. The lowest BCUT2D eigenvalue weighted by molar-refractivity contribution is -0.153. The number of nitrogens with zero attached hydrogens (tertiary/aromatic N) is 2. The van der Waals surface area contributed by atoms with E-state index in [9.17, 15) is 30.8 Å². The maximum Gasteiger partial charge on any atom is 0.417 e. The molecule has 1 atom stereocenters. The Morgan fingerprint density at radius 2 is 1.79 bits per heavy atom. The van der Waals surface area contributed by atoms with Gasteiger partial charge in [-0.1, -0.05) is 12.1 Å². The van der Waals surface area contributed by atoms with E-state index in [-0.39, 0.29) is 11.0 Å². The number of nitrogens with one attached hydrogen (secondary N) is 1. The largest absolute Gasteiger partial charge is 0.464 e. The lowest BCUT2D eigenvalue weighted by Gasteiger charge is -2.22. The molecule has 0 fully saturated rings. The van der Waals surface area contributed by atoms with Crippen LogP contribution in [0, 0.1) is 5.82 Å². The van der Waals surface area contributed by atoms with Crippen LogP contribution in [0.15, 0.2) is 53.7 Å². The normalized spacial score (nSPS) is 13.6. The first kappa shape index (κ1) is 19.8. The van der Waals surface area contributed by atoms with Crippen molar-refractivity contribution in [3.63, 3.8) is 0 Å². The number of alkyl halides is 3. The van der Waals surface area contributed by atoms with E-state index < -0.39 is 44.6 Å². The molecule has 0 aliphatic carbocycles. The van der Waals surface area contributed by atoms with Crippen LogP contribution in [0.25, 0.3) is 11.0 Å². The van der Waals surface area contributed by atoms with Gasteiger partial charge in [-0.15, -0.1) is 0 Å². The van der Waals surface area contributed by atoms with Crippen LogP contribution < -0.4 is 4.72 Å². The summed E-state index contributed by atoms with van der Waals surface area (Å²) in [7, 11) is -4.66. The number of halogens is 4. The first-order valence-corrected chi connectivity index (χ1v) is 9.02. The minimum atomic E-state index is -4.99. The number of aromatic nitrogens is 2. The van der Waals surface area contributed by atoms with Crippen LogP contribution in [0.1, 0.15) is 11.6 Å². The molecule has 12 heteroatoms. The van der Waals surface area contributed by atoms with Crippen LogP contribution >= 0.6 is 0 Å². The molecule has 0 spiro atoms. The standard InChI is InChI=1S/C16H11F4N3O4S/c17-10-3-1-9(2-4-10)14(16(18,19)20)22-28(26,27)11-5-6-13-12(7-11)21-8-23(13)15(24)25/h1-8,14,22H,(H,24,25). The summed E-state index contributed by atoms with van der Waals surface area (Å²) in [5, 5.41) is 9.00. The highest BCUT2D eigenvalue weighted by atomic mass is 32.2. The third-order valence-electron chi connectivity index (χ3n) is 3.84. The molecule has 1 heterocycles. The van der Waals surface area contributed by atoms with E-state index in [1.54, 1.807) is 4.72 Å². The van der Waals surface area contributed by atoms with Gasteiger partial charge in [-0.05, 0) is 35.9 Å². The molecule has 0 bridgehead atoms. The zero-order valence-corrected chi connectivity index (χ0v) is 14.5. The Balaban J connectivity index is 1.99. The monoisotopic (exact) mass is 417 g/mol. The first-order chi connectivity index (χ1) is 13.0. The average Bonchev–Trinajstić information content (AvgIpc) is 3.03. The van der Waals surface area contributed by atoms with E-state index in [1.807, 2.05) is 0 Å². The van der Waals surface area contributed by atoms with Gasteiger partial charge in [0.2, 0.25) is 10.0 Å². The molecule has 0 radical (unpaired) electrons. The van der Waals surface area contributed by atoms with Gasteiger partial charge in [-0.25, -0.2) is 27.2 Å². The van der Waals surface area contributed by atoms with Gasteiger partial charge in [-0.2, -0.15) is 17.9 Å². The van der Waals surface area contributed by atoms with Crippen LogP contribution in [0.2, 0.25) is 0 Å². The van der Waals surface area contributed by atoms with E-state index in [1.165, 1.54) is 0 Å². The lowest BCUT2D eigenvalue weighted by atomic mass is 10.1. The van der Waals surface area contributed by atoms with Crippen molar-refractivity contribution in [3.8, 4) is 0 Å².